The Bertz CT molecular complexity index is 1570. The first-order valence-corrected chi connectivity index (χ1v) is 22.8. The lowest BCUT2D eigenvalue weighted by atomic mass is 9.33. The maximum Gasteiger partial charge on any atom is 0.293 e. The van der Waals surface area contributed by atoms with Gasteiger partial charge in [0.05, 0.1) is 11.5 Å². The van der Waals surface area contributed by atoms with Gasteiger partial charge in [-0.2, -0.15) is 0 Å². The van der Waals surface area contributed by atoms with Crippen LogP contribution in [0.1, 0.15) is 125 Å². The largest absolute Gasteiger partial charge is 0.461 e. The van der Waals surface area contributed by atoms with Crippen molar-refractivity contribution in [3.63, 3.8) is 0 Å². The first kappa shape index (κ1) is 38.8. The molecule has 52 heavy (non-hydrogen) atoms. The van der Waals surface area contributed by atoms with Crippen LogP contribution >= 0.6 is 0 Å². The van der Waals surface area contributed by atoms with Gasteiger partial charge in [-0.3, -0.25) is 4.79 Å². The minimum Gasteiger partial charge on any atom is -0.461 e. The maximum absolute atomic E-state index is 12.0. The summed E-state index contributed by atoms with van der Waals surface area (Å²) >= 11 is 0. The van der Waals surface area contributed by atoms with Gasteiger partial charge in [0.2, 0.25) is 0 Å². The monoisotopic (exact) mass is 739 g/mol. The summed E-state index contributed by atoms with van der Waals surface area (Å²) in [5.41, 5.74) is 4.82. The molecule has 7 aliphatic rings. The molecular formula is C44H70N2O5S. The molecule has 0 radical (unpaired) electrons. The fourth-order valence-electron chi connectivity index (χ4n) is 14.9. The van der Waals surface area contributed by atoms with Crippen LogP contribution in [0.3, 0.4) is 0 Å². The summed E-state index contributed by atoms with van der Waals surface area (Å²) in [5.74, 6) is 3.78. The van der Waals surface area contributed by atoms with Crippen LogP contribution in [-0.4, -0.2) is 80.3 Å². The van der Waals surface area contributed by atoms with Crippen molar-refractivity contribution < 1.29 is 23.1 Å². The molecule has 292 valence electrons. The van der Waals surface area contributed by atoms with E-state index in [1.807, 2.05) is 0 Å². The summed E-state index contributed by atoms with van der Waals surface area (Å²) in [6.45, 7) is 23.9. The molecule has 0 amide bonds. The van der Waals surface area contributed by atoms with E-state index < -0.39 is 15.4 Å². The van der Waals surface area contributed by atoms with Gasteiger partial charge in [0.1, 0.15) is 5.60 Å². The lowest BCUT2D eigenvalue weighted by Gasteiger charge is -2.72. The van der Waals surface area contributed by atoms with Gasteiger partial charge in [-0.25, -0.2) is 8.42 Å². The minimum atomic E-state index is -2.86. The highest BCUT2D eigenvalue weighted by Gasteiger charge is 2.70. The number of nitrogens with zero attached hydrogens (tertiary/aromatic N) is 1. The Morgan fingerprint density at radius 1 is 0.962 bits per heavy atom. The van der Waals surface area contributed by atoms with E-state index in [0.717, 1.165) is 32.4 Å². The Kier molecular flexibility index (Phi) is 10.2. The molecule has 0 spiro atoms. The number of aliphatic hydroxyl groups excluding tert-OH is 1. The fourth-order valence-corrected chi connectivity index (χ4v) is 16.1. The second-order valence-corrected chi connectivity index (χ2v) is 22.4. The SMILES string of the molecule is C=C(C)[C@@H]1CC[C@]2(NCCN3CCS(=O)(=O)CC3)CC[C@]3(C)[C@H](CC[C@@H]4[C@@]5(C)CC=C(C6=CCC(CCO)(OC=O)CC6)C(C)(C)[C@@H]5CC[C@]43C)[C@@H]12. The number of hydrogen-bond acceptors (Lipinski definition) is 7. The van der Waals surface area contributed by atoms with E-state index >= 15 is 0 Å². The van der Waals surface area contributed by atoms with Crippen LogP contribution in [0.5, 0.6) is 0 Å². The Hall–Kier alpha value is -1.48. The molecule has 0 bridgehead atoms. The van der Waals surface area contributed by atoms with Crippen molar-refractivity contribution in [2.24, 2.45) is 51.2 Å². The Labute approximate surface area is 315 Å². The number of ether oxygens (including phenoxy) is 1. The third kappa shape index (κ3) is 6.05. The van der Waals surface area contributed by atoms with Gasteiger partial charge >= 0.3 is 0 Å². The molecule has 0 aromatic rings. The lowest BCUT2D eigenvalue weighted by molar-refractivity contribution is -0.221. The van der Waals surface area contributed by atoms with Gasteiger partial charge in [-0.1, -0.05) is 58.9 Å². The van der Waals surface area contributed by atoms with Crippen LogP contribution in [0.15, 0.2) is 35.5 Å². The van der Waals surface area contributed by atoms with Crippen molar-refractivity contribution in [3.05, 3.63) is 35.5 Å². The molecule has 1 saturated heterocycles. The number of aliphatic hydroxyl groups is 1. The molecular weight excluding hydrogens is 669 g/mol. The van der Waals surface area contributed by atoms with E-state index in [1.54, 1.807) is 0 Å². The number of nitrogens with one attached hydrogen (secondary N) is 1. The van der Waals surface area contributed by atoms with Crippen molar-refractivity contribution >= 4 is 16.3 Å². The maximum atomic E-state index is 12.0. The highest BCUT2D eigenvalue weighted by molar-refractivity contribution is 7.91. The molecule has 0 aromatic heterocycles. The third-order valence-corrected chi connectivity index (χ3v) is 19.4. The topological polar surface area (TPSA) is 95.9 Å². The highest BCUT2D eigenvalue weighted by Crippen LogP contribution is 2.76. The second-order valence-electron chi connectivity index (χ2n) is 20.1. The summed E-state index contributed by atoms with van der Waals surface area (Å²) in [4.78, 5) is 13.7. The summed E-state index contributed by atoms with van der Waals surface area (Å²) in [7, 11) is -2.86. The summed E-state index contributed by atoms with van der Waals surface area (Å²) < 4.78 is 29.7. The average molecular weight is 739 g/mol. The van der Waals surface area contributed by atoms with E-state index in [1.165, 1.54) is 68.1 Å². The summed E-state index contributed by atoms with van der Waals surface area (Å²) in [6.07, 6.45) is 19.2. The quantitative estimate of drug-likeness (QED) is 0.176. The molecule has 1 aliphatic heterocycles. The smallest absolute Gasteiger partial charge is 0.293 e. The Morgan fingerprint density at radius 3 is 2.37 bits per heavy atom. The number of sulfone groups is 1. The summed E-state index contributed by atoms with van der Waals surface area (Å²) in [5, 5.41) is 13.9. The molecule has 1 heterocycles. The fraction of sp³-hybridized carbons (Fsp3) is 0.841. The predicted octanol–water partition coefficient (Wildman–Crippen LogP) is 7.66. The normalized spacial score (nSPS) is 45.3. The molecule has 8 heteroatoms. The van der Waals surface area contributed by atoms with Gasteiger partial charge in [0, 0.05) is 51.2 Å². The van der Waals surface area contributed by atoms with E-state index in [2.05, 4.69) is 70.5 Å². The molecule has 7 nitrogen and oxygen atoms in total. The number of fused-ring (bicyclic) bond motifs is 7. The van der Waals surface area contributed by atoms with Crippen LogP contribution in [0.4, 0.5) is 0 Å². The molecule has 2 N–H and O–H groups in total. The zero-order valence-electron chi connectivity index (χ0n) is 33.4. The standard InChI is InChI=1S/C44H70N2O5S/c1-31(2)33-12-19-44(45-23-24-46-25-28-52(49,50)29-26-46)21-20-41(6)35(38(33)44)8-9-37-40(5)15-13-34(39(3,4)36(40)14-16-42(37,41)7)32-10-17-43(18-11-32,22-27-47)51-30-48/h10,13,30,33,35-38,45,47H,1,8-9,11-12,14-29H2,2-7H3/t33-,35+,36-,37+,38+,40-,41+,42+,43?,44-/m0/s1. The van der Waals surface area contributed by atoms with Gasteiger partial charge < -0.3 is 20.1 Å². The molecule has 10 atom stereocenters. The lowest BCUT2D eigenvalue weighted by Crippen LogP contribution is -2.68. The molecule has 6 aliphatic carbocycles. The number of allylic oxidation sites excluding steroid dienone is 4. The van der Waals surface area contributed by atoms with Crippen molar-refractivity contribution in [1.29, 1.82) is 0 Å². The first-order valence-electron chi connectivity index (χ1n) is 21.0. The van der Waals surface area contributed by atoms with Crippen molar-refractivity contribution in [1.82, 2.24) is 10.2 Å². The number of carbonyl (C=O) groups excluding carboxylic acids is 1. The Balaban J connectivity index is 1.12. The first-order chi connectivity index (χ1) is 24.5. The predicted molar refractivity (Wildman–Crippen MR) is 209 cm³/mol. The molecule has 4 saturated carbocycles. The van der Waals surface area contributed by atoms with Gasteiger partial charge in [0.15, 0.2) is 9.84 Å². The van der Waals surface area contributed by atoms with E-state index in [4.69, 9.17) is 4.74 Å². The van der Waals surface area contributed by atoms with E-state index in [-0.39, 0.29) is 33.8 Å². The zero-order chi connectivity index (χ0) is 37.4. The molecule has 7 rings (SSSR count). The molecule has 1 unspecified atom stereocenters. The van der Waals surface area contributed by atoms with Crippen LogP contribution < -0.4 is 5.32 Å². The van der Waals surface area contributed by atoms with E-state index in [9.17, 15) is 18.3 Å². The van der Waals surface area contributed by atoms with Crippen LogP contribution in [-0.2, 0) is 19.4 Å². The van der Waals surface area contributed by atoms with E-state index in [0.29, 0.717) is 73.5 Å². The van der Waals surface area contributed by atoms with Gasteiger partial charge in [-0.15, -0.1) is 0 Å². The van der Waals surface area contributed by atoms with Gasteiger partial charge in [-0.05, 0) is 140 Å². The van der Waals surface area contributed by atoms with Crippen LogP contribution in [0.25, 0.3) is 0 Å². The average Bonchev–Trinajstić information content (AvgIpc) is 3.47. The molecule has 5 fully saturated rings. The van der Waals surface area contributed by atoms with Crippen molar-refractivity contribution in [2.75, 3.05) is 44.3 Å². The van der Waals surface area contributed by atoms with Crippen LogP contribution in [0, 0.1) is 51.2 Å². The van der Waals surface area contributed by atoms with Gasteiger partial charge in [0.25, 0.3) is 6.47 Å². The third-order valence-electron chi connectivity index (χ3n) is 17.8. The zero-order valence-corrected chi connectivity index (χ0v) is 34.2. The number of rotatable bonds is 10. The Morgan fingerprint density at radius 2 is 1.71 bits per heavy atom. The highest BCUT2D eigenvalue weighted by atomic mass is 32.2. The number of carbonyl (C=O) groups is 1. The number of hydrogen-bond donors (Lipinski definition) is 2. The van der Waals surface area contributed by atoms with Crippen LogP contribution in [0.2, 0.25) is 0 Å². The second kappa shape index (κ2) is 13.6. The molecule has 0 aromatic carbocycles. The van der Waals surface area contributed by atoms with Crippen molar-refractivity contribution in [2.45, 2.75) is 136 Å². The van der Waals surface area contributed by atoms with Crippen molar-refractivity contribution in [3.8, 4) is 0 Å². The minimum absolute atomic E-state index is 0.0340. The summed E-state index contributed by atoms with van der Waals surface area (Å²) in [6, 6.07) is 0.